The standard InChI is InChI=1S/C8H12ClNOS/c1-10(2)5-7(11)8-6(9)3-4-12-8/h3-4,7,11H,5H2,1-2H3. The minimum Gasteiger partial charge on any atom is -0.386 e. The van der Waals surface area contributed by atoms with Crippen LogP contribution in [0.4, 0.5) is 0 Å². The van der Waals surface area contributed by atoms with Gasteiger partial charge in [0.05, 0.1) is 9.90 Å². The van der Waals surface area contributed by atoms with Crippen LogP contribution in [-0.4, -0.2) is 30.6 Å². The lowest BCUT2D eigenvalue weighted by Gasteiger charge is -2.14. The highest BCUT2D eigenvalue weighted by molar-refractivity contribution is 7.10. The Morgan fingerprint density at radius 2 is 2.33 bits per heavy atom. The maximum atomic E-state index is 9.64. The van der Waals surface area contributed by atoms with E-state index in [-0.39, 0.29) is 0 Å². The molecule has 0 aliphatic carbocycles. The van der Waals surface area contributed by atoms with Gasteiger partial charge in [-0.25, -0.2) is 0 Å². The fourth-order valence-corrected chi connectivity index (χ4v) is 2.13. The van der Waals surface area contributed by atoms with E-state index in [1.807, 2.05) is 24.4 Å². The van der Waals surface area contributed by atoms with Crippen LogP contribution in [0.5, 0.6) is 0 Å². The molecule has 0 spiro atoms. The van der Waals surface area contributed by atoms with Crippen LogP contribution in [0.3, 0.4) is 0 Å². The molecule has 0 saturated carbocycles. The molecule has 0 amide bonds. The van der Waals surface area contributed by atoms with Gasteiger partial charge in [-0.2, -0.15) is 0 Å². The second kappa shape index (κ2) is 4.23. The van der Waals surface area contributed by atoms with Crippen LogP contribution in [0, 0.1) is 0 Å². The minimum atomic E-state index is -0.465. The summed E-state index contributed by atoms with van der Waals surface area (Å²) in [6.45, 7) is 0.611. The molecule has 1 atom stereocenters. The highest BCUT2D eigenvalue weighted by atomic mass is 35.5. The van der Waals surface area contributed by atoms with E-state index in [2.05, 4.69) is 0 Å². The van der Waals surface area contributed by atoms with Gasteiger partial charge in [-0.15, -0.1) is 11.3 Å². The molecule has 0 aliphatic heterocycles. The lowest BCUT2D eigenvalue weighted by molar-refractivity contribution is 0.142. The summed E-state index contributed by atoms with van der Waals surface area (Å²) in [5, 5.41) is 12.2. The summed E-state index contributed by atoms with van der Waals surface area (Å²) in [5.74, 6) is 0. The molecular weight excluding hydrogens is 194 g/mol. The van der Waals surface area contributed by atoms with Gasteiger partial charge in [0, 0.05) is 6.54 Å². The summed E-state index contributed by atoms with van der Waals surface area (Å²) in [6.07, 6.45) is -0.465. The minimum absolute atomic E-state index is 0.465. The Bertz CT molecular complexity index is 249. The van der Waals surface area contributed by atoms with Gasteiger partial charge in [0.1, 0.15) is 6.10 Å². The van der Waals surface area contributed by atoms with E-state index in [1.54, 1.807) is 6.07 Å². The first-order chi connectivity index (χ1) is 5.61. The third-order valence-corrected chi connectivity index (χ3v) is 2.95. The lowest BCUT2D eigenvalue weighted by Crippen LogP contribution is -2.19. The summed E-state index contributed by atoms with van der Waals surface area (Å²) in [7, 11) is 3.84. The number of thiophene rings is 1. The predicted molar refractivity (Wildman–Crippen MR) is 52.8 cm³/mol. The maximum Gasteiger partial charge on any atom is 0.102 e. The smallest absolute Gasteiger partial charge is 0.102 e. The zero-order valence-corrected chi connectivity index (χ0v) is 8.69. The molecule has 0 aromatic carbocycles. The molecular formula is C8H12ClNOS. The SMILES string of the molecule is CN(C)CC(O)c1sccc1Cl. The van der Waals surface area contributed by atoms with Crippen LogP contribution in [-0.2, 0) is 0 Å². The Morgan fingerprint density at radius 3 is 2.75 bits per heavy atom. The quantitative estimate of drug-likeness (QED) is 0.816. The van der Waals surface area contributed by atoms with Crippen molar-refractivity contribution in [2.45, 2.75) is 6.10 Å². The summed E-state index contributed by atoms with van der Waals surface area (Å²) in [4.78, 5) is 2.78. The van der Waals surface area contributed by atoms with Crippen molar-refractivity contribution in [3.05, 3.63) is 21.3 Å². The van der Waals surface area contributed by atoms with Crippen molar-refractivity contribution in [2.75, 3.05) is 20.6 Å². The molecule has 1 N–H and O–H groups in total. The van der Waals surface area contributed by atoms with E-state index < -0.39 is 6.10 Å². The normalized spacial score (nSPS) is 13.8. The summed E-state index contributed by atoms with van der Waals surface area (Å²) in [5.41, 5.74) is 0. The average Bonchev–Trinajstić information content (AvgIpc) is 2.33. The molecule has 1 unspecified atom stereocenters. The molecule has 0 saturated heterocycles. The third-order valence-electron chi connectivity index (χ3n) is 1.49. The fraction of sp³-hybridized carbons (Fsp3) is 0.500. The van der Waals surface area contributed by atoms with E-state index in [9.17, 15) is 5.11 Å². The van der Waals surface area contributed by atoms with Crippen LogP contribution in [0.2, 0.25) is 5.02 Å². The number of hydrogen-bond acceptors (Lipinski definition) is 3. The van der Waals surface area contributed by atoms with Gasteiger partial charge in [0.15, 0.2) is 0 Å². The second-order valence-corrected chi connectivity index (χ2v) is 4.27. The van der Waals surface area contributed by atoms with E-state index >= 15 is 0 Å². The molecule has 12 heavy (non-hydrogen) atoms. The number of halogens is 1. The maximum absolute atomic E-state index is 9.64. The first-order valence-corrected chi connectivity index (χ1v) is 4.92. The van der Waals surface area contributed by atoms with Gasteiger partial charge < -0.3 is 10.0 Å². The van der Waals surface area contributed by atoms with Gasteiger partial charge in [-0.05, 0) is 25.5 Å². The van der Waals surface area contributed by atoms with Crippen LogP contribution in [0.15, 0.2) is 11.4 Å². The number of likely N-dealkylation sites (N-methyl/N-ethyl adjacent to an activating group) is 1. The molecule has 1 aromatic rings. The third kappa shape index (κ3) is 2.45. The predicted octanol–water partition coefficient (Wildman–Crippen LogP) is 2.00. The van der Waals surface area contributed by atoms with E-state index in [4.69, 9.17) is 11.6 Å². The number of rotatable bonds is 3. The van der Waals surface area contributed by atoms with Gasteiger partial charge in [-0.1, -0.05) is 11.6 Å². The fourth-order valence-electron chi connectivity index (χ4n) is 0.972. The van der Waals surface area contributed by atoms with Crippen LogP contribution in [0.1, 0.15) is 11.0 Å². The van der Waals surface area contributed by atoms with Crippen molar-refractivity contribution in [3.8, 4) is 0 Å². The van der Waals surface area contributed by atoms with E-state index in [0.29, 0.717) is 11.6 Å². The van der Waals surface area contributed by atoms with Crippen LogP contribution < -0.4 is 0 Å². The first-order valence-electron chi connectivity index (χ1n) is 3.67. The molecule has 0 fully saturated rings. The number of aliphatic hydroxyl groups is 1. The molecule has 1 rings (SSSR count). The van der Waals surface area contributed by atoms with Crippen molar-refractivity contribution >= 4 is 22.9 Å². The molecule has 4 heteroatoms. The second-order valence-electron chi connectivity index (χ2n) is 2.91. The number of nitrogens with zero attached hydrogens (tertiary/aromatic N) is 1. The summed E-state index contributed by atoms with van der Waals surface area (Å²) in [6, 6.07) is 1.81. The zero-order chi connectivity index (χ0) is 9.14. The van der Waals surface area contributed by atoms with Gasteiger partial charge in [0.2, 0.25) is 0 Å². The largest absolute Gasteiger partial charge is 0.386 e. The lowest BCUT2D eigenvalue weighted by atomic mass is 10.3. The van der Waals surface area contributed by atoms with Crippen molar-refractivity contribution in [1.29, 1.82) is 0 Å². The first kappa shape index (κ1) is 9.99. The molecule has 68 valence electrons. The van der Waals surface area contributed by atoms with Gasteiger partial charge in [0.25, 0.3) is 0 Å². The number of aliphatic hydroxyl groups excluding tert-OH is 1. The Kier molecular flexibility index (Phi) is 3.53. The Morgan fingerprint density at radius 1 is 1.67 bits per heavy atom. The van der Waals surface area contributed by atoms with Crippen molar-refractivity contribution in [3.63, 3.8) is 0 Å². The van der Waals surface area contributed by atoms with Crippen molar-refractivity contribution < 1.29 is 5.11 Å². The molecule has 0 aliphatic rings. The molecule has 2 nitrogen and oxygen atoms in total. The van der Waals surface area contributed by atoms with Gasteiger partial charge in [-0.3, -0.25) is 0 Å². The molecule has 0 radical (unpaired) electrons. The monoisotopic (exact) mass is 205 g/mol. The van der Waals surface area contributed by atoms with Crippen LogP contribution >= 0.6 is 22.9 Å². The molecule has 1 aromatic heterocycles. The highest BCUT2D eigenvalue weighted by Crippen LogP contribution is 2.28. The summed E-state index contributed by atoms with van der Waals surface area (Å²) >= 11 is 7.34. The molecule has 0 bridgehead atoms. The topological polar surface area (TPSA) is 23.5 Å². The number of hydrogen-bond donors (Lipinski definition) is 1. The Balaban J connectivity index is 2.65. The molecule has 1 heterocycles. The van der Waals surface area contributed by atoms with Crippen molar-refractivity contribution in [2.24, 2.45) is 0 Å². The Labute approximate surface area is 81.4 Å². The van der Waals surface area contributed by atoms with Crippen LogP contribution in [0.25, 0.3) is 0 Å². The van der Waals surface area contributed by atoms with E-state index in [1.165, 1.54) is 11.3 Å². The van der Waals surface area contributed by atoms with Gasteiger partial charge >= 0.3 is 0 Å². The zero-order valence-electron chi connectivity index (χ0n) is 7.12. The van der Waals surface area contributed by atoms with Crippen molar-refractivity contribution in [1.82, 2.24) is 4.90 Å². The highest BCUT2D eigenvalue weighted by Gasteiger charge is 2.13. The summed E-state index contributed by atoms with van der Waals surface area (Å²) < 4.78 is 0. The Hall–Kier alpha value is -0.0900. The van der Waals surface area contributed by atoms with E-state index in [0.717, 1.165) is 4.88 Å². The average molecular weight is 206 g/mol.